The molecule has 0 radical (unpaired) electrons. The topological polar surface area (TPSA) is 50.8 Å². The summed E-state index contributed by atoms with van der Waals surface area (Å²) in [6, 6.07) is 16.8. The number of aryl methyl sites for hydroxylation is 2. The summed E-state index contributed by atoms with van der Waals surface area (Å²) < 4.78 is 10.8. The summed E-state index contributed by atoms with van der Waals surface area (Å²) in [6.07, 6.45) is 2.34. The van der Waals surface area contributed by atoms with Crippen molar-refractivity contribution in [3.8, 4) is 5.75 Å². The van der Waals surface area contributed by atoms with Crippen LogP contribution in [0.15, 0.2) is 48.5 Å². The molecule has 5 nitrogen and oxygen atoms in total. The maximum atomic E-state index is 12.4. The molecule has 1 aliphatic rings. The Hall–Kier alpha value is -2.37. The number of carbonyl (C=O) groups excluding carboxylic acids is 1. The zero-order valence-corrected chi connectivity index (χ0v) is 17.5. The number of nitrogens with zero attached hydrogens (tertiary/aromatic N) is 1. The highest BCUT2D eigenvalue weighted by atomic mass is 16.5. The van der Waals surface area contributed by atoms with Gasteiger partial charge in [0.05, 0.1) is 26.4 Å². The molecule has 1 aliphatic heterocycles. The first-order chi connectivity index (χ1) is 14.2. The number of carbonyl (C=O) groups is 1. The molecule has 1 unspecified atom stereocenters. The van der Waals surface area contributed by atoms with Gasteiger partial charge in [-0.1, -0.05) is 42.0 Å². The molecule has 1 fully saturated rings. The van der Waals surface area contributed by atoms with E-state index < -0.39 is 0 Å². The van der Waals surface area contributed by atoms with Crippen LogP contribution < -0.4 is 10.1 Å². The van der Waals surface area contributed by atoms with Gasteiger partial charge in [0.2, 0.25) is 5.91 Å². The lowest BCUT2D eigenvalue weighted by atomic mass is 10.0. The number of benzene rings is 2. The summed E-state index contributed by atoms with van der Waals surface area (Å²) in [5, 5.41) is 3.15. The van der Waals surface area contributed by atoms with Crippen LogP contribution >= 0.6 is 0 Å². The summed E-state index contributed by atoms with van der Waals surface area (Å²) in [6.45, 7) is 5.91. The third-order valence-electron chi connectivity index (χ3n) is 5.47. The number of hydrogen-bond acceptors (Lipinski definition) is 4. The monoisotopic (exact) mass is 396 g/mol. The Morgan fingerprint density at radius 1 is 1.10 bits per heavy atom. The van der Waals surface area contributed by atoms with Crippen LogP contribution in [0.25, 0.3) is 0 Å². The van der Waals surface area contributed by atoms with Crippen molar-refractivity contribution < 1.29 is 14.3 Å². The molecule has 0 aliphatic carbocycles. The number of nitrogens with one attached hydrogen (secondary N) is 1. The molecular weight excluding hydrogens is 364 g/mol. The second-order valence-electron chi connectivity index (χ2n) is 7.58. The normalized spacial score (nSPS) is 15.7. The van der Waals surface area contributed by atoms with E-state index in [4.69, 9.17) is 9.47 Å². The van der Waals surface area contributed by atoms with E-state index >= 15 is 0 Å². The van der Waals surface area contributed by atoms with E-state index in [0.29, 0.717) is 13.0 Å². The summed E-state index contributed by atoms with van der Waals surface area (Å²) >= 11 is 0. The van der Waals surface area contributed by atoms with Crippen molar-refractivity contribution in [1.29, 1.82) is 0 Å². The van der Waals surface area contributed by atoms with E-state index in [2.05, 4.69) is 53.5 Å². The number of methoxy groups -OCH3 is 1. The van der Waals surface area contributed by atoms with Crippen LogP contribution in [0.3, 0.4) is 0 Å². The van der Waals surface area contributed by atoms with Crippen LogP contribution in [0.2, 0.25) is 0 Å². The Morgan fingerprint density at radius 2 is 1.79 bits per heavy atom. The summed E-state index contributed by atoms with van der Waals surface area (Å²) in [7, 11) is 1.67. The number of amides is 1. The fourth-order valence-electron chi connectivity index (χ4n) is 3.68. The van der Waals surface area contributed by atoms with Gasteiger partial charge < -0.3 is 14.8 Å². The second kappa shape index (κ2) is 11.0. The molecule has 0 aromatic heterocycles. The molecule has 5 heteroatoms. The van der Waals surface area contributed by atoms with Crippen molar-refractivity contribution in [1.82, 2.24) is 10.2 Å². The zero-order chi connectivity index (χ0) is 20.5. The molecule has 1 saturated heterocycles. The minimum absolute atomic E-state index is 0.115. The van der Waals surface area contributed by atoms with Gasteiger partial charge in [0, 0.05) is 26.1 Å². The van der Waals surface area contributed by atoms with Crippen molar-refractivity contribution in [3.05, 3.63) is 65.2 Å². The molecular formula is C24H32N2O3. The number of morpholine rings is 1. The third kappa shape index (κ3) is 6.58. The van der Waals surface area contributed by atoms with Crippen LogP contribution in [0.1, 0.15) is 35.6 Å². The molecule has 29 heavy (non-hydrogen) atoms. The zero-order valence-electron chi connectivity index (χ0n) is 17.5. The number of hydrogen-bond donors (Lipinski definition) is 1. The average Bonchev–Trinajstić information content (AvgIpc) is 2.76. The van der Waals surface area contributed by atoms with Gasteiger partial charge in [-0.05, 0) is 43.0 Å². The predicted octanol–water partition coefficient (Wildman–Crippen LogP) is 3.52. The van der Waals surface area contributed by atoms with Crippen molar-refractivity contribution in [2.75, 3.05) is 40.0 Å². The molecule has 1 heterocycles. The highest BCUT2D eigenvalue weighted by molar-refractivity contribution is 5.75. The fraction of sp³-hybridized carbons (Fsp3) is 0.458. The van der Waals surface area contributed by atoms with Gasteiger partial charge in [0.25, 0.3) is 0 Å². The molecule has 0 saturated carbocycles. The second-order valence-corrected chi connectivity index (χ2v) is 7.58. The predicted molar refractivity (Wildman–Crippen MR) is 115 cm³/mol. The highest BCUT2D eigenvalue weighted by Gasteiger charge is 2.23. The van der Waals surface area contributed by atoms with Gasteiger partial charge in [-0.3, -0.25) is 9.69 Å². The molecule has 2 aromatic rings. The summed E-state index contributed by atoms with van der Waals surface area (Å²) in [5.41, 5.74) is 3.74. The van der Waals surface area contributed by atoms with E-state index in [-0.39, 0.29) is 11.9 Å². The van der Waals surface area contributed by atoms with Gasteiger partial charge in [-0.25, -0.2) is 0 Å². The molecule has 3 rings (SSSR count). The Bertz CT molecular complexity index is 753. The maximum absolute atomic E-state index is 12.4. The smallest absolute Gasteiger partial charge is 0.220 e. The lowest BCUT2D eigenvalue weighted by Gasteiger charge is -2.35. The van der Waals surface area contributed by atoms with E-state index in [1.165, 1.54) is 16.7 Å². The van der Waals surface area contributed by atoms with E-state index in [9.17, 15) is 4.79 Å². The van der Waals surface area contributed by atoms with E-state index in [1.54, 1.807) is 7.11 Å². The lowest BCUT2D eigenvalue weighted by Crippen LogP contribution is -2.43. The van der Waals surface area contributed by atoms with Gasteiger partial charge in [-0.2, -0.15) is 0 Å². The maximum Gasteiger partial charge on any atom is 0.220 e. The minimum Gasteiger partial charge on any atom is -0.497 e. The molecule has 0 spiro atoms. The molecule has 1 atom stereocenters. The first-order valence-corrected chi connectivity index (χ1v) is 10.4. The van der Waals surface area contributed by atoms with E-state index in [0.717, 1.165) is 44.9 Å². The van der Waals surface area contributed by atoms with Crippen LogP contribution in [0.4, 0.5) is 0 Å². The average molecular weight is 397 g/mol. The Kier molecular flexibility index (Phi) is 8.08. The Labute approximate surface area is 174 Å². The first-order valence-electron chi connectivity index (χ1n) is 10.4. The molecule has 1 N–H and O–H groups in total. The van der Waals surface area contributed by atoms with Crippen LogP contribution in [-0.4, -0.2) is 50.8 Å². The SMILES string of the molecule is COc1ccc(C(CNC(=O)CCCc2ccc(C)cc2)N2CCOCC2)cc1. The summed E-state index contributed by atoms with van der Waals surface area (Å²) in [5.74, 6) is 0.957. The van der Waals surface area contributed by atoms with Gasteiger partial charge in [0.15, 0.2) is 0 Å². The highest BCUT2D eigenvalue weighted by Crippen LogP contribution is 2.23. The first kappa shape index (κ1) is 21.3. The van der Waals surface area contributed by atoms with Crippen molar-refractivity contribution in [3.63, 3.8) is 0 Å². The fourth-order valence-corrected chi connectivity index (χ4v) is 3.68. The number of ether oxygens (including phenoxy) is 2. The van der Waals surface area contributed by atoms with Crippen LogP contribution in [0.5, 0.6) is 5.75 Å². The van der Waals surface area contributed by atoms with Crippen molar-refractivity contribution in [2.45, 2.75) is 32.2 Å². The largest absolute Gasteiger partial charge is 0.497 e. The standard InChI is InChI=1S/C24H32N2O3/c1-19-6-8-20(9-7-19)4-3-5-24(27)25-18-23(26-14-16-29-17-15-26)21-10-12-22(28-2)13-11-21/h6-13,23H,3-5,14-18H2,1-2H3,(H,25,27). The molecule has 156 valence electrons. The lowest BCUT2D eigenvalue weighted by molar-refractivity contribution is -0.121. The molecule has 1 amide bonds. The number of rotatable bonds is 9. The summed E-state index contributed by atoms with van der Waals surface area (Å²) in [4.78, 5) is 14.8. The van der Waals surface area contributed by atoms with Crippen LogP contribution in [-0.2, 0) is 16.0 Å². The van der Waals surface area contributed by atoms with E-state index in [1.807, 2.05) is 12.1 Å². The van der Waals surface area contributed by atoms with Crippen molar-refractivity contribution >= 4 is 5.91 Å². The third-order valence-corrected chi connectivity index (χ3v) is 5.47. The molecule has 2 aromatic carbocycles. The van der Waals surface area contributed by atoms with Gasteiger partial charge in [0.1, 0.15) is 5.75 Å². The molecule has 0 bridgehead atoms. The van der Waals surface area contributed by atoms with Crippen LogP contribution in [0, 0.1) is 6.92 Å². The van der Waals surface area contributed by atoms with Gasteiger partial charge >= 0.3 is 0 Å². The Morgan fingerprint density at radius 3 is 2.45 bits per heavy atom. The van der Waals surface area contributed by atoms with Crippen molar-refractivity contribution in [2.24, 2.45) is 0 Å². The minimum atomic E-state index is 0.115. The van der Waals surface area contributed by atoms with Gasteiger partial charge in [-0.15, -0.1) is 0 Å². The quantitative estimate of drug-likeness (QED) is 0.705. The Balaban J connectivity index is 1.52.